The molecule has 7 heteroatoms. The second-order valence-corrected chi connectivity index (χ2v) is 3.67. The van der Waals surface area contributed by atoms with E-state index in [1.807, 2.05) is 0 Å². The van der Waals surface area contributed by atoms with Crippen LogP contribution in [0.3, 0.4) is 0 Å². The average Bonchev–Trinajstić information content (AvgIpc) is 2.17. The first-order valence-corrected chi connectivity index (χ1v) is 6.62. The van der Waals surface area contributed by atoms with Crippen LogP contribution in [0.1, 0.15) is 10.4 Å². The summed E-state index contributed by atoms with van der Waals surface area (Å²) >= 11 is -3.58. The molecule has 0 aliphatic carbocycles. The number of hydrogen-bond donors (Lipinski definition) is 4. The third-order valence-corrected chi connectivity index (χ3v) is 1.38. The predicted octanol–water partition coefficient (Wildman–Crippen LogP) is -1.44. The molecule has 84 valence electrons. The number of hydrogen-bond acceptors (Lipinski definition) is 4. The number of Topliss-reactive ketones (excluding diaryl/α,β-unsaturated/α-hetero) is 1. The van der Waals surface area contributed by atoms with Gasteiger partial charge in [-0.05, 0) is 24.3 Å². The Kier molecular flexibility index (Phi) is 6.73. The Labute approximate surface area is 91.2 Å². The number of nitrogen functional groups attached to an aromatic ring is 1. The van der Waals surface area contributed by atoms with Crippen molar-refractivity contribution in [3.8, 4) is 0 Å². The number of nitrogens with two attached hydrogens (primary N) is 1. The molecule has 0 saturated carbocycles. The number of benzene rings is 1. The molecule has 0 aliphatic heterocycles. The molecule has 0 heterocycles. The Morgan fingerprint density at radius 1 is 1.27 bits per heavy atom. The van der Waals surface area contributed by atoms with Crippen LogP contribution in [0.4, 0.5) is 5.69 Å². The van der Waals surface area contributed by atoms with Gasteiger partial charge in [-0.1, -0.05) is 0 Å². The van der Waals surface area contributed by atoms with Crippen LogP contribution < -0.4 is 5.73 Å². The van der Waals surface area contributed by atoms with Crippen LogP contribution in [-0.2, 0) is 3.74 Å². The number of carbonyl (C=O) groups excluding carboxylic acids is 1. The predicted molar refractivity (Wildman–Crippen MR) is 54.5 cm³/mol. The van der Waals surface area contributed by atoms with Crippen LogP contribution in [0.2, 0.25) is 0 Å². The first kappa shape index (κ1) is 13.9. The molecule has 1 rings (SSSR count). The molecule has 1 aromatic carbocycles. The normalized spacial score (nSPS) is 9.33. The fourth-order valence-electron chi connectivity index (χ4n) is 0.760. The van der Waals surface area contributed by atoms with Gasteiger partial charge in [-0.15, -0.1) is 0 Å². The molecule has 6 nitrogen and oxygen atoms in total. The van der Waals surface area contributed by atoms with E-state index in [0.29, 0.717) is 11.3 Å². The van der Waals surface area contributed by atoms with E-state index in [1.165, 1.54) is 0 Å². The van der Waals surface area contributed by atoms with E-state index >= 15 is 0 Å². The van der Waals surface area contributed by atoms with Crippen LogP contribution in [0.25, 0.3) is 0 Å². The van der Waals surface area contributed by atoms with E-state index in [9.17, 15) is 4.79 Å². The second kappa shape index (κ2) is 7.25. The van der Waals surface area contributed by atoms with E-state index in [4.69, 9.17) is 22.8 Å². The van der Waals surface area contributed by atoms with Gasteiger partial charge in [0.25, 0.3) is 0 Å². The molecular weight excluding hydrogens is 265 g/mol. The van der Waals surface area contributed by atoms with Crippen molar-refractivity contribution in [3.63, 3.8) is 0 Å². The molecule has 1 aromatic rings. The average molecular weight is 277 g/mol. The molecule has 0 bridgehead atoms. The molecule has 0 aromatic heterocycles. The van der Waals surface area contributed by atoms with Gasteiger partial charge in [-0.25, -0.2) is 0 Å². The fourth-order valence-corrected chi connectivity index (χ4v) is 0.760. The van der Waals surface area contributed by atoms with Crippen molar-refractivity contribution in [1.29, 1.82) is 0 Å². The number of aliphatic hydroxyl groups is 1. The van der Waals surface area contributed by atoms with E-state index < -0.39 is 21.9 Å². The summed E-state index contributed by atoms with van der Waals surface area (Å²) in [7, 11) is 0. The Hall–Kier alpha value is -1.07. The van der Waals surface area contributed by atoms with Crippen molar-refractivity contribution < 1.29 is 21.8 Å². The number of ketones is 1. The third-order valence-electron chi connectivity index (χ3n) is 1.38. The minimum atomic E-state index is -3.58. The van der Waals surface area contributed by atoms with E-state index in [2.05, 4.69) is 0 Å². The van der Waals surface area contributed by atoms with Crippen molar-refractivity contribution in [2.45, 2.75) is 0 Å². The Balaban J connectivity index is 0.000000423. The summed E-state index contributed by atoms with van der Waals surface area (Å²) in [5.41, 5.74) is 6.49. The maximum absolute atomic E-state index is 10.8. The summed E-state index contributed by atoms with van der Waals surface area (Å²) in [6.07, 6.45) is 0. The summed E-state index contributed by atoms with van der Waals surface area (Å²) < 4.78 is 23.2. The fraction of sp³-hybridized carbons (Fsp3) is 0.125. The molecule has 0 amide bonds. The van der Waals surface area contributed by atoms with Crippen LogP contribution >= 0.6 is 0 Å². The van der Waals surface area contributed by atoms with Crippen LogP contribution in [0.15, 0.2) is 24.3 Å². The zero-order valence-electron chi connectivity index (χ0n) is 7.75. The van der Waals surface area contributed by atoms with Crippen LogP contribution in [0, 0.1) is 0 Å². The monoisotopic (exact) mass is 277 g/mol. The van der Waals surface area contributed by atoms with Gasteiger partial charge in [-0.2, -0.15) is 0 Å². The minimum absolute atomic E-state index is 0.287. The molecule has 15 heavy (non-hydrogen) atoms. The number of anilines is 1. The summed E-state index contributed by atoms with van der Waals surface area (Å²) in [6, 6.07) is 6.44. The van der Waals surface area contributed by atoms with Gasteiger partial charge in [0, 0.05) is 11.3 Å². The Bertz CT molecular complexity index is 333. The van der Waals surface area contributed by atoms with E-state index in [-0.39, 0.29) is 5.78 Å². The molecule has 0 radical (unpaired) electrons. The van der Waals surface area contributed by atoms with Gasteiger partial charge in [0.2, 0.25) is 0 Å². The first-order chi connectivity index (χ1) is 6.97. The number of aliphatic hydroxyl groups excluding tert-OH is 1. The van der Waals surface area contributed by atoms with Crippen molar-refractivity contribution in [3.05, 3.63) is 29.8 Å². The quantitative estimate of drug-likeness (QED) is 0.298. The van der Waals surface area contributed by atoms with Crippen LogP contribution in [-0.4, -0.2) is 41.0 Å². The molecular formula is C8H12AsNO5. The van der Waals surface area contributed by atoms with Gasteiger partial charge >= 0.3 is 27.2 Å². The van der Waals surface area contributed by atoms with E-state index in [0.717, 1.165) is 0 Å². The van der Waals surface area contributed by atoms with Gasteiger partial charge < -0.3 is 10.8 Å². The molecule has 0 spiro atoms. The summed E-state index contributed by atoms with van der Waals surface area (Å²) in [6.45, 7) is -0.454. The Morgan fingerprint density at radius 2 is 1.67 bits per heavy atom. The second-order valence-electron chi connectivity index (χ2n) is 2.49. The van der Waals surface area contributed by atoms with E-state index in [1.54, 1.807) is 24.3 Å². The van der Waals surface area contributed by atoms with Crippen molar-refractivity contribution in [2.75, 3.05) is 12.3 Å². The zero-order chi connectivity index (χ0) is 11.8. The van der Waals surface area contributed by atoms with Crippen molar-refractivity contribution in [2.24, 2.45) is 0 Å². The van der Waals surface area contributed by atoms with Crippen molar-refractivity contribution >= 4 is 26.7 Å². The van der Waals surface area contributed by atoms with Gasteiger partial charge in [0.1, 0.15) is 6.61 Å². The summed E-state index contributed by atoms with van der Waals surface area (Å²) in [5.74, 6) is -0.287. The summed E-state index contributed by atoms with van der Waals surface area (Å²) in [5, 5.41) is 8.48. The molecule has 0 atom stereocenters. The Morgan fingerprint density at radius 3 is 2.00 bits per heavy atom. The van der Waals surface area contributed by atoms with Crippen molar-refractivity contribution in [1.82, 2.24) is 0 Å². The SMILES string of the molecule is Nc1ccc(C(=O)CO)cc1.O=[AsH](O)O. The number of carbonyl (C=O) groups is 1. The molecule has 0 unspecified atom stereocenters. The summed E-state index contributed by atoms with van der Waals surface area (Å²) in [4.78, 5) is 10.8. The number of rotatable bonds is 2. The maximum atomic E-state index is 10.8. The van der Waals surface area contributed by atoms with Crippen LogP contribution in [0.5, 0.6) is 0 Å². The van der Waals surface area contributed by atoms with Gasteiger partial charge in [0.05, 0.1) is 0 Å². The third kappa shape index (κ3) is 6.93. The van der Waals surface area contributed by atoms with Gasteiger partial charge in [-0.3, -0.25) is 4.79 Å². The molecule has 5 N–H and O–H groups in total. The first-order valence-electron chi connectivity index (χ1n) is 3.89. The molecule has 0 aliphatic rings. The molecule has 0 fully saturated rings. The standard InChI is InChI=1S/C8H9NO2.AsH3O3/c9-7-3-1-6(2-4-7)8(11)5-10;2-1(3)4/h1-4,10H,5,9H2;1H,(H2,2,3,4). The topological polar surface area (TPSA) is 121 Å². The molecule has 0 saturated heterocycles. The van der Waals surface area contributed by atoms with Gasteiger partial charge in [0.15, 0.2) is 5.78 Å². The zero-order valence-corrected chi connectivity index (χ0v) is 9.85.